The van der Waals surface area contributed by atoms with Crippen LogP contribution in [0.4, 0.5) is 0 Å². The number of hydrogen-bond donors (Lipinski definition) is 3. The summed E-state index contributed by atoms with van der Waals surface area (Å²) in [6.45, 7) is 0.634. The largest absolute Gasteiger partial charge is 0.508 e. The summed E-state index contributed by atoms with van der Waals surface area (Å²) in [6.07, 6.45) is 0. The third-order valence-corrected chi connectivity index (χ3v) is 2.04. The van der Waals surface area contributed by atoms with Crippen LogP contribution in [0, 0.1) is 0 Å². The molecule has 0 spiro atoms. The molecule has 0 aliphatic carbocycles. The molecule has 0 bridgehead atoms. The molecule has 0 amide bonds. The first kappa shape index (κ1) is 7.91. The second-order valence-electron chi connectivity index (χ2n) is 3.02. The summed E-state index contributed by atoms with van der Waals surface area (Å²) in [5.41, 5.74) is 6.48. The minimum absolute atomic E-state index is 0.104. The van der Waals surface area contributed by atoms with Crippen molar-refractivity contribution in [3.05, 3.63) is 29.8 Å². The molecule has 0 fully saturated rings. The average Bonchev–Trinajstić information content (AvgIpc) is 2.52. The van der Waals surface area contributed by atoms with E-state index < -0.39 is 0 Å². The number of guanidine groups is 1. The highest BCUT2D eigenvalue weighted by atomic mass is 16.3. The second kappa shape index (κ2) is 2.97. The summed E-state index contributed by atoms with van der Waals surface area (Å²) < 4.78 is 0. The maximum Gasteiger partial charge on any atom is 0.189 e. The highest BCUT2D eigenvalue weighted by molar-refractivity contribution is 5.80. The van der Waals surface area contributed by atoms with E-state index in [0.29, 0.717) is 12.5 Å². The molecule has 1 aromatic carbocycles. The molecule has 68 valence electrons. The highest BCUT2D eigenvalue weighted by Gasteiger charge is 2.16. The molecule has 1 aromatic rings. The van der Waals surface area contributed by atoms with E-state index in [1.54, 1.807) is 18.2 Å². The number of aromatic hydroxyl groups is 1. The van der Waals surface area contributed by atoms with Crippen LogP contribution >= 0.6 is 0 Å². The molecule has 1 aliphatic heterocycles. The smallest absolute Gasteiger partial charge is 0.189 e. The van der Waals surface area contributed by atoms with E-state index in [1.807, 2.05) is 6.07 Å². The molecule has 0 radical (unpaired) electrons. The summed E-state index contributed by atoms with van der Waals surface area (Å²) in [6, 6.07) is 7.20. The van der Waals surface area contributed by atoms with Gasteiger partial charge in [0.25, 0.3) is 0 Å². The van der Waals surface area contributed by atoms with Gasteiger partial charge >= 0.3 is 0 Å². The van der Waals surface area contributed by atoms with Crippen molar-refractivity contribution in [2.75, 3.05) is 6.54 Å². The molecule has 0 saturated carbocycles. The molecule has 4 nitrogen and oxygen atoms in total. The van der Waals surface area contributed by atoms with Crippen molar-refractivity contribution in [2.24, 2.45) is 10.7 Å². The number of phenolic OH excluding ortho intramolecular Hbond substituents is 1. The Morgan fingerprint density at radius 3 is 3.00 bits per heavy atom. The van der Waals surface area contributed by atoms with Gasteiger partial charge in [0.05, 0.1) is 12.6 Å². The molecule has 2 rings (SSSR count). The maximum atomic E-state index is 9.24. The second-order valence-corrected chi connectivity index (χ2v) is 3.02. The fraction of sp³-hybridized carbons (Fsp3) is 0.222. The topological polar surface area (TPSA) is 70.6 Å². The van der Waals surface area contributed by atoms with Crippen molar-refractivity contribution in [3.8, 4) is 5.75 Å². The van der Waals surface area contributed by atoms with Gasteiger partial charge in [-0.2, -0.15) is 0 Å². The minimum Gasteiger partial charge on any atom is -0.508 e. The zero-order valence-corrected chi connectivity index (χ0v) is 7.07. The zero-order chi connectivity index (χ0) is 9.26. The number of phenols is 1. The van der Waals surface area contributed by atoms with Crippen LogP contribution in [-0.4, -0.2) is 17.6 Å². The molecule has 1 atom stereocenters. The fourth-order valence-corrected chi connectivity index (χ4v) is 1.39. The van der Waals surface area contributed by atoms with E-state index in [1.165, 1.54) is 0 Å². The first-order chi connectivity index (χ1) is 6.25. The number of aliphatic imine (C=N–C) groups is 1. The van der Waals surface area contributed by atoms with E-state index in [2.05, 4.69) is 10.3 Å². The lowest BCUT2D eigenvalue weighted by Crippen LogP contribution is -2.29. The number of nitrogens with zero attached hydrogens (tertiary/aromatic N) is 1. The van der Waals surface area contributed by atoms with Crippen LogP contribution in [0.15, 0.2) is 29.3 Å². The highest BCUT2D eigenvalue weighted by Crippen LogP contribution is 2.20. The van der Waals surface area contributed by atoms with Crippen LogP contribution in [-0.2, 0) is 0 Å². The molecule has 1 aliphatic rings. The van der Waals surface area contributed by atoms with Gasteiger partial charge in [-0.15, -0.1) is 0 Å². The van der Waals surface area contributed by atoms with Crippen molar-refractivity contribution in [1.82, 2.24) is 5.32 Å². The third kappa shape index (κ3) is 1.56. The number of hydrogen-bond acceptors (Lipinski definition) is 4. The van der Waals surface area contributed by atoms with Crippen LogP contribution in [0.5, 0.6) is 5.75 Å². The molecule has 0 unspecified atom stereocenters. The van der Waals surface area contributed by atoms with Crippen molar-refractivity contribution in [1.29, 1.82) is 0 Å². The number of nitrogens with one attached hydrogen (secondary N) is 1. The quantitative estimate of drug-likeness (QED) is 0.579. The minimum atomic E-state index is 0.104. The van der Waals surface area contributed by atoms with E-state index in [9.17, 15) is 5.11 Å². The van der Waals surface area contributed by atoms with E-state index in [4.69, 9.17) is 5.73 Å². The Bertz CT molecular complexity index is 348. The first-order valence-corrected chi connectivity index (χ1v) is 4.11. The molecule has 13 heavy (non-hydrogen) atoms. The van der Waals surface area contributed by atoms with Gasteiger partial charge in [-0.3, -0.25) is 4.99 Å². The van der Waals surface area contributed by atoms with E-state index in [0.717, 1.165) is 5.56 Å². The standard InChI is InChI=1S/C9H11N3O/c10-9-11-5-8(12-9)6-2-1-3-7(13)4-6/h1-4,8,13H,5H2,(H3,10,11,12)/t8-/m1/s1. The molecule has 4 heteroatoms. The number of rotatable bonds is 1. The zero-order valence-electron chi connectivity index (χ0n) is 7.07. The Morgan fingerprint density at radius 2 is 2.38 bits per heavy atom. The lowest BCUT2D eigenvalue weighted by atomic mass is 10.1. The monoisotopic (exact) mass is 177 g/mol. The summed E-state index contributed by atoms with van der Waals surface area (Å²) in [5, 5.41) is 12.3. The van der Waals surface area contributed by atoms with Crippen molar-refractivity contribution in [2.45, 2.75) is 6.04 Å². The molecular formula is C9H11N3O. The summed E-state index contributed by atoms with van der Waals surface area (Å²) >= 11 is 0. The molecule has 0 aromatic heterocycles. The van der Waals surface area contributed by atoms with Crippen molar-refractivity contribution >= 4 is 5.96 Å². The summed E-state index contributed by atoms with van der Waals surface area (Å²) in [7, 11) is 0. The molecule has 0 saturated heterocycles. The average molecular weight is 177 g/mol. The SMILES string of the molecule is NC1=NC[C@H](c2cccc(O)c2)N1. The summed E-state index contributed by atoms with van der Waals surface area (Å²) in [5.74, 6) is 0.734. The van der Waals surface area contributed by atoms with Crippen molar-refractivity contribution < 1.29 is 5.11 Å². The summed E-state index contributed by atoms with van der Waals surface area (Å²) in [4.78, 5) is 4.03. The van der Waals surface area contributed by atoms with Crippen LogP contribution in [0.3, 0.4) is 0 Å². The fourth-order valence-electron chi connectivity index (χ4n) is 1.39. The normalized spacial score (nSPS) is 20.9. The van der Waals surface area contributed by atoms with Gasteiger partial charge < -0.3 is 16.2 Å². The van der Waals surface area contributed by atoms with E-state index in [-0.39, 0.29) is 11.8 Å². The molecular weight excluding hydrogens is 166 g/mol. The molecule has 1 heterocycles. The maximum absolute atomic E-state index is 9.24. The molecule has 4 N–H and O–H groups in total. The van der Waals surface area contributed by atoms with Crippen LogP contribution in [0.1, 0.15) is 11.6 Å². The number of nitrogens with two attached hydrogens (primary N) is 1. The lowest BCUT2D eigenvalue weighted by molar-refractivity contribution is 0.473. The van der Waals surface area contributed by atoms with Gasteiger partial charge in [0, 0.05) is 0 Å². The Hall–Kier alpha value is -1.71. The Labute approximate surface area is 76.1 Å². The van der Waals surface area contributed by atoms with Gasteiger partial charge in [-0.25, -0.2) is 0 Å². The van der Waals surface area contributed by atoms with Gasteiger partial charge in [0.2, 0.25) is 0 Å². The Balaban J connectivity index is 2.18. The predicted octanol–water partition coefficient (Wildman–Crippen LogP) is 0.351. The Morgan fingerprint density at radius 1 is 1.54 bits per heavy atom. The lowest BCUT2D eigenvalue weighted by Gasteiger charge is -2.10. The van der Waals surface area contributed by atoms with Crippen molar-refractivity contribution in [3.63, 3.8) is 0 Å². The number of benzene rings is 1. The third-order valence-electron chi connectivity index (χ3n) is 2.04. The van der Waals surface area contributed by atoms with Gasteiger partial charge in [0.1, 0.15) is 5.75 Å². The van der Waals surface area contributed by atoms with Gasteiger partial charge in [-0.05, 0) is 17.7 Å². The van der Waals surface area contributed by atoms with Gasteiger partial charge in [0.15, 0.2) is 5.96 Å². The van der Waals surface area contributed by atoms with Gasteiger partial charge in [-0.1, -0.05) is 12.1 Å². The van der Waals surface area contributed by atoms with Crippen LogP contribution < -0.4 is 11.1 Å². The van der Waals surface area contributed by atoms with Crippen LogP contribution in [0.25, 0.3) is 0 Å². The predicted molar refractivity (Wildman–Crippen MR) is 50.5 cm³/mol. The first-order valence-electron chi connectivity index (χ1n) is 4.11. The Kier molecular flexibility index (Phi) is 1.81. The van der Waals surface area contributed by atoms with Crippen LogP contribution in [0.2, 0.25) is 0 Å². The van der Waals surface area contributed by atoms with E-state index >= 15 is 0 Å².